The van der Waals surface area contributed by atoms with E-state index >= 15 is 0 Å². The van der Waals surface area contributed by atoms with E-state index < -0.39 is 0 Å². The molecule has 0 fully saturated rings. The lowest BCUT2D eigenvalue weighted by atomic mass is 10.0. The van der Waals surface area contributed by atoms with Gasteiger partial charge in [0, 0.05) is 0 Å². The van der Waals surface area contributed by atoms with E-state index in [0.717, 1.165) is 0 Å². The van der Waals surface area contributed by atoms with Gasteiger partial charge in [0.2, 0.25) is 0 Å². The maximum atomic E-state index is 2.50. The highest BCUT2D eigenvalue weighted by atomic mass is 14.2. The second kappa shape index (κ2) is 15.5. The summed E-state index contributed by atoms with van der Waals surface area (Å²) in [5.41, 5.74) is 4.82. The summed E-state index contributed by atoms with van der Waals surface area (Å²) in [4.78, 5) is 0. The third-order valence-electron chi connectivity index (χ3n) is 6.51. The molecule has 1 atom stereocenters. The van der Waals surface area contributed by atoms with Crippen LogP contribution in [0.15, 0.2) is 22.8 Å². The molecule has 152 valence electrons. The van der Waals surface area contributed by atoms with Crippen LogP contribution in [0.5, 0.6) is 0 Å². The molecule has 26 heavy (non-hydrogen) atoms. The molecule has 0 bridgehead atoms. The molecule has 0 saturated heterocycles. The highest BCUT2D eigenvalue weighted by molar-refractivity contribution is 5.42. The van der Waals surface area contributed by atoms with Crippen molar-refractivity contribution in [1.29, 1.82) is 0 Å². The van der Waals surface area contributed by atoms with E-state index in [9.17, 15) is 0 Å². The van der Waals surface area contributed by atoms with Gasteiger partial charge in [0.05, 0.1) is 0 Å². The van der Waals surface area contributed by atoms with E-state index in [1.807, 2.05) is 0 Å². The fourth-order valence-corrected chi connectivity index (χ4v) is 4.28. The fraction of sp³-hybridized carbons (Fsp3) is 0.846. The minimum absolute atomic E-state index is 0.686. The van der Waals surface area contributed by atoms with Gasteiger partial charge in [-0.05, 0) is 43.8 Å². The zero-order valence-corrected chi connectivity index (χ0v) is 18.7. The summed E-state index contributed by atoms with van der Waals surface area (Å²) in [5.74, 6) is 0.686. The molecule has 1 aliphatic rings. The van der Waals surface area contributed by atoms with Crippen LogP contribution >= 0.6 is 0 Å². The van der Waals surface area contributed by atoms with Crippen molar-refractivity contribution in [1.82, 2.24) is 0 Å². The zero-order valence-electron chi connectivity index (χ0n) is 18.7. The predicted octanol–water partition coefficient (Wildman–Crippen LogP) is 9.55. The van der Waals surface area contributed by atoms with E-state index in [2.05, 4.69) is 33.8 Å². The second-order valence-corrected chi connectivity index (χ2v) is 8.84. The Morgan fingerprint density at radius 2 is 1.00 bits per heavy atom. The molecule has 0 N–H and O–H groups in total. The van der Waals surface area contributed by atoms with Crippen molar-refractivity contribution in [2.24, 2.45) is 5.92 Å². The van der Waals surface area contributed by atoms with E-state index in [4.69, 9.17) is 0 Å². The van der Waals surface area contributed by atoms with Crippen LogP contribution in [-0.4, -0.2) is 0 Å². The fourth-order valence-electron chi connectivity index (χ4n) is 4.28. The highest BCUT2D eigenvalue weighted by Gasteiger charge is 2.15. The maximum Gasteiger partial charge on any atom is -0.00427 e. The van der Waals surface area contributed by atoms with Gasteiger partial charge in [0.15, 0.2) is 0 Å². The lowest BCUT2D eigenvalue weighted by Gasteiger charge is -2.06. The van der Waals surface area contributed by atoms with Crippen molar-refractivity contribution < 1.29 is 0 Å². The van der Waals surface area contributed by atoms with Crippen molar-refractivity contribution in [3.8, 4) is 0 Å². The van der Waals surface area contributed by atoms with Crippen LogP contribution in [0.2, 0.25) is 0 Å². The van der Waals surface area contributed by atoms with Crippen molar-refractivity contribution >= 4 is 0 Å². The van der Waals surface area contributed by atoms with Crippen LogP contribution in [-0.2, 0) is 0 Å². The van der Waals surface area contributed by atoms with Gasteiger partial charge in [-0.2, -0.15) is 0 Å². The predicted molar refractivity (Wildman–Crippen MR) is 120 cm³/mol. The van der Waals surface area contributed by atoms with Crippen LogP contribution in [0, 0.1) is 5.92 Å². The molecule has 0 saturated carbocycles. The van der Waals surface area contributed by atoms with E-state index in [-0.39, 0.29) is 0 Å². The Morgan fingerprint density at radius 1 is 0.615 bits per heavy atom. The normalized spacial score (nSPS) is 17.2. The molecule has 0 heterocycles. The quantitative estimate of drug-likeness (QED) is 0.226. The third kappa shape index (κ3) is 10.6. The van der Waals surface area contributed by atoms with Crippen LogP contribution in [0.1, 0.15) is 137 Å². The summed E-state index contributed by atoms with van der Waals surface area (Å²) in [6.45, 7) is 9.25. The van der Waals surface area contributed by atoms with Crippen LogP contribution < -0.4 is 0 Å². The number of allylic oxidation sites excluding steroid dienone is 4. The number of unbranched alkanes of at least 4 members (excludes halogenated alkanes) is 15. The van der Waals surface area contributed by atoms with Gasteiger partial charge >= 0.3 is 0 Å². The Kier molecular flexibility index (Phi) is 14.0. The van der Waals surface area contributed by atoms with Crippen LogP contribution in [0.3, 0.4) is 0 Å². The number of hydrogen-bond acceptors (Lipinski definition) is 0. The molecule has 1 unspecified atom stereocenters. The maximum absolute atomic E-state index is 2.50. The molecular weight excluding hydrogens is 312 g/mol. The zero-order chi connectivity index (χ0) is 19.0. The molecule has 0 amide bonds. The van der Waals surface area contributed by atoms with Gasteiger partial charge in [-0.25, -0.2) is 0 Å². The molecule has 1 rings (SSSR count). The Balaban J connectivity index is 1.78. The Bertz CT molecular complexity index is 398. The Hall–Kier alpha value is -0.520. The Morgan fingerprint density at radius 3 is 1.35 bits per heavy atom. The van der Waals surface area contributed by atoms with Gasteiger partial charge in [-0.3, -0.25) is 0 Å². The summed E-state index contributed by atoms with van der Waals surface area (Å²) in [6, 6.07) is 0. The highest BCUT2D eigenvalue weighted by Crippen LogP contribution is 2.33. The number of hydrogen-bond donors (Lipinski definition) is 0. The molecule has 0 aliphatic heterocycles. The summed E-state index contributed by atoms with van der Waals surface area (Å²) >= 11 is 0. The molecule has 0 heteroatoms. The summed E-state index contributed by atoms with van der Waals surface area (Å²) in [6.07, 6.45) is 27.1. The first-order valence-electron chi connectivity index (χ1n) is 12.0. The lowest BCUT2D eigenvalue weighted by molar-refractivity contribution is 0.529. The third-order valence-corrected chi connectivity index (χ3v) is 6.51. The summed E-state index contributed by atoms with van der Waals surface area (Å²) < 4.78 is 0. The minimum Gasteiger partial charge on any atom is -0.0741 e. The first-order chi connectivity index (χ1) is 12.7. The van der Waals surface area contributed by atoms with Gasteiger partial charge in [0.1, 0.15) is 0 Å². The Labute approximate surface area is 165 Å². The van der Waals surface area contributed by atoms with Crippen molar-refractivity contribution in [2.75, 3.05) is 0 Å². The summed E-state index contributed by atoms with van der Waals surface area (Å²) in [5, 5.41) is 0. The average Bonchev–Trinajstić information content (AvgIpc) is 2.88. The van der Waals surface area contributed by atoms with E-state index in [0.29, 0.717) is 5.92 Å². The molecule has 0 radical (unpaired) electrons. The van der Waals surface area contributed by atoms with E-state index in [1.165, 1.54) is 109 Å². The van der Waals surface area contributed by atoms with Crippen LogP contribution in [0.25, 0.3) is 0 Å². The van der Waals surface area contributed by atoms with Crippen molar-refractivity contribution in [3.63, 3.8) is 0 Å². The molecule has 0 aromatic carbocycles. The first kappa shape index (κ1) is 23.5. The average molecular weight is 361 g/mol. The smallest absolute Gasteiger partial charge is 0.00427 e. The molecule has 0 spiro atoms. The first-order valence-corrected chi connectivity index (χ1v) is 12.0. The second-order valence-electron chi connectivity index (χ2n) is 8.84. The monoisotopic (exact) mass is 360 g/mol. The standard InChI is InChI=1S/C26H48/c1-5-6-7-8-9-10-11-12-13-14-15-16-17-18-19-20-21-26-22-23(2)24(3)25(26)4/h22-23H,5-21H2,1-4H3. The van der Waals surface area contributed by atoms with Crippen molar-refractivity contribution in [3.05, 3.63) is 22.8 Å². The molecule has 0 aromatic rings. The van der Waals surface area contributed by atoms with Gasteiger partial charge in [-0.1, -0.05) is 122 Å². The largest absolute Gasteiger partial charge is 0.0741 e. The minimum atomic E-state index is 0.686. The molecule has 1 aliphatic carbocycles. The number of rotatable bonds is 17. The topological polar surface area (TPSA) is 0 Å². The van der Waals surface area contributed by atoms with Gasteiger partial charge in [0.25, 0.3) is 0 Å². The SMILES string of the molecule is CCCCCCCCCCCCCCCCCCC1=CC(C)C(C)=C1C. The van der Waals surface area contributed by atoms with Crippen molar-refractivity contribution in [2.45, 2.75) is 137 Å². The lowest BCUT2D eigenvalue weighted by Crippen LogP contribution is -1.87. The van der Waals surface area contributed by atoms with Crippen LogP contribution in [0.4, 0.5) is 0 Å². The molecule has 0 aromatic heterocycles. The molecular formula is C26H48. The summed E-state index contributed by atoms with van der Waals surface area (Å²) in [7, 11) is 0. The van der Waals surface area contributed by atoms with E-state index in [1.54, 1.807) is 16.7 Å². The molecule has 0 nitrogen and oxygen atoms in total. The van der Waals surface area contributed by atoms with Gasteiger partial charge < -0.3 is 0 Å². The van der Waals surface area contributed by atoms with Gasteiger partial charge in [-0.15, -0.1) is 0 Å².